The molecule has 0 radical (unpaired) electrons. The predicted octanol–water partition coefficient (Wildman–Crippen LogP) is 4.29. The quantitative estimate of drug-likeness (QED) is 0.738. The van der Waals surface area contributed by atoms with Crippen molar-refractivity contribution in [1.82, 2.24) is 5.32 Å². The molecule has 172 valence electrons. The Morgan fingerprint density at radius 2 is 1.91 bits per heavy atom. The van der Waals surface area contributed by atoms with Crippen molar-refractivity contribution in [2.24, 2.45) is 11.8 Å². The van der Waals surface area contributed by atoms with E-state index in [2.05, 4.69) is 58.5 Å². The van der Waals surface area contributed by atoms with E-state index in [-0.39, 0.29) is 23.9 Å². The van der Waals surface area contributed by atoms with Crippen LogP contribution in [-0.4, -0.2) is 37.6 Å². The number of piperazine rings is 1. The lowest BCUT2D eigenvalue weighted by molar-refractivity contribution is -0.117. The Bertz CT molecular complexity index is 1070. The summed E-state index contributed by atoms with van der Waals surface area (Å²) in [7, 11) is 0. The van der Waals surface area contributed by atoms with Crippen molar-refractivity contribution in [2.45, 2.75) is 51.7 Å². The van der Waals surface area contributed by atoms with E-state index in [9.17, 15) is 4.79 Å². The summed E-state index contributed by atoms with van der Waals surface area (Å²) in [6, 6.07) is 17.3. The lowest BCUT2D eigenvalue weighted by Crippen LogP contribution is -2.51. The van der Waals surface area contributed by atoms with Gasteiger partial charge in [-0.25, -0.2) is 0 Å². The highest BCUT2D eigenvalue weighted by Gasteiger charge is 2.47. The second-order valence-electron chi connectivity index (χ2n) is 9.93. The molecule has 4 atom stereocenters. The number of carbonyl (C=O) groups excluding carboxylic acids is 1. The zero-order chi connectivity index (χ0) is 23.1. The molecule has 2 fully saturated rings. The van der Waals surface area contributed by atoms with Gasteiger partial charge in [-0.3, -0.25) is 4.79 Å². The van der Waals surface area contributed by atoms with E-state index in [0.717, 1.165) is 31.0 Å². The van der Waals surface area contributed by atoms with Crippen LogP contribution in [0, 0.1) is 23.2 Å². The molecule has 6 nitrogen and oxygen atoms in total. The molecular weight excluding hydrogens is 410 g/mol. The molecule has 3 aliphatic rings. The van der Waals surface area contributed by atoms with E-state index in [1.807, 2.05) is 24.3 Å². The Hall–Kier alpha value is -3.04. The van der Waals surface area contributed by atoms with Crippen LogP contribution < -0.4 is 20.4 Å². The summed E-state index contributed by atoms with van der Waals surface area (Å²) < 4.78 is 0. The van der Waals surface area contributed by atoms with E-state index < -0.39 is 0 Å². The van der Waals surface area contributed by atoms with Gasteiger partial charge in [0, 0.05) is 67.2 Å². The molecule has 5 rings (SSSR count). The predicted molar refractivity (Wildman–Crippen MR) is 132 cm³/mol. The molecule has 2 N–H and O–H groups in total. The third-order valence-electron chi connectivity index (χ3n) is 7.48. The van der Waals surface area contributed by atoms with Crippen molar-refractivity contribution < 1.29 is 4.79 Å². The number of hydrogen-bond acceptors (Lipinski definition) is 5. The van der Waals surface area contributed by atoms with Gasteiger partial charge >= 0.3 is 0 Å². The van der Waals surface area contributed by atoms with Crippen molar-refractivity contribution in [3.05, 3.63) is 53.6 Å². The molecule has 2 heterocycles. The van der Waals surface area contributed by atoms with Crippen molar-refractivity contribution in [3.8, 4) is 6.07 Å². The van der Waals surface area contributed by atoms with Gasteiger partial charge in [0.15, 0.2) is 0 Å². The number of carbonyl (C=O) groups is 1. The van der Waals surface area contributed by atoms with Gasteiger partial charge in [0.1, 0.15) is 0 Å². The van der Waals surface area contributed by atoms with Crippen LogP contribution in [0.15, 0.2) is 42.5 Å². The standard InChI is InChI=1S/C27H33N5O/c1-17-16-31(13-12-29-17)23-10-11-25-24(14-23)26(30-22-8-4-20(15-28)5-9-22)18(2)27(21-6-7-21)32(25)19(3)33/h4-5,8-11,14,17-18,21,26-27,29-30H,6-7,12-13,16H2,1-3H3/t17-,18?,26?,27-/m1/s1. The Morgan fingerprint density at radius 1 is 1.15 bits per heavy atom. The Balaban J connectivity index is 1.56. The molecule has 33 heavy (non-hydrogen) atoms. The smallest absolute Gasteiger partial charge is 0.224 e. The molecule has 2 aromatic rings. The molecule has 1 saturated heterocycles. The maximum absolute atomic E-state index is 12.9. The minimum absolute atomic E-state index is 0.0921. The normalized spacial score (nSPS) is 27.0. The molecule has 0 aromatic heterocycles. The molecule has 2 unspecified atom stereocenters. The van der Waals surface area contributed by atoms with Crippen LogP contribution in [-0.2, 0) is 4.79 Å². The fourth-order valence-electron chi connectivity index (χ4n) is 5.74. The van der Waals surface area contributed by atoms with Gasteiger partial charge in [0.25, 0.3) is 0 Å². The largest absolute Gasteiger partial charge is 0.378 e. The Kier molecular flexibility index (Phi) is 5.76. The van der Waals surface area contributed by atoms with Gasteiger partial charge in [-0.2, -0.15) is 5.26 Å². The highest BCUT2D eigenvalue weighted by molar-refractivity contribution is 5.94. The first-order valence-corrected chi connectivity index (χ1v) is 12.1. The van der Waals surface area contributed by atoms with Gasteiger partial charge in [-0.05, 0) is 68.1 Å². The highest BCUT2D eigenvalue weighted by atomic mass is 16.2. The molecule has 0 spiro atoms. The number of hydrogen-bond donors (Lipinski definition) is 2. The van der Waals surface area contributed by atoms with Gasteiger partial charge in [-0.1, -0.05) is 6.92 Å². The van der Waals surface area contributed by atoms with E-state index in [1.54, 1.807) is 6.92 Å². The van der Waals surface area contributed by atoms with Gasteiger partial charge < -0.3 is 20.4 Å². The second-order valence-corrected chi connectivity index (χ2v) is 9.93. The van der Waals surface area contributed by atoms with E-state index in [4.69, 9.17) is 5.26 Å². The minimum Gasteiger partial charge on any atom is -0.378 e. The van der Waals surface area contributed by atoms with Gasteiger partial charge in [0.05, 0.1) is 17.7 Å². The fourth-order valence-corrected chi connectivity index (χ4v) is 5.74. The zero-order valence-corrected chi connectivity index (χ0v) is 19.7. The zero-order valence-electron chi connectivity index (χ0n) is 19.7. The average Bonchev–Trinajstić information content (AvgIpc) is 3.65. The third kappa shape index (κ3) is 4.18. The first-order chi connectivity index (χ1) is 16.0. The molecular formula is C27H33N5O. The maximum atomic E-state index is 12.9. The summed E-state index contributed by atoms with van der Waals surface area (Å²) in [5.41, 5.74) is 5.10. The van der Waals surface area contributed by atoms with Crippen molar-refractivity contribution in [2.75, 3.05) is 34.8 Å². The van der Waals surface area contributed by atoms with Gasteiger partial charge in [0.2, 0.25) is 5.91 Å². The second kappa shape index (κ2) is 8.72. The molecule has 1 aliphatic carbocycles. The molecule has 1 amide bonds. The topological polar surface area (TPSA) is 71.4 Å². The summed E-state index contributed by atoms with van der Waals surface area (Å²) in [5.74, 6) is 0.957. The lowest BCUT2D eigenvalue weighted by Gasteiger charge is -2.46. The number of amides is 1. The number of nitriles is 1. The van der Waals surface area contributed by atoms with Crippen LogP contribution >= 0.6 is 0 Å². The first-order valence-electron chi connectivity index (χ1n) is 12.1. The third-order valence-corrected chi connectivity index (χ3v) is 7.48. The van der Waals surface area contributed by atoms with Crippen LogP contribution in [0.1, 0.15) is 50.8 Å². The molecule has 2 aliphatic heterocycles. The fraction of sp³-hybridized carbons (Fsp3) is 0.481. The number of nitrogens with one attached hydrogen (secondary N) is 2. The first kappa shape index (κ1) is 21.8. The van der Waals surface area contributed by atoms with Crippen molar-refractivity contribution in [1.29, 1.82) is 5.26 Å². The number of anilines is 3. The molecule has 2 aromatic carbocycles. The number of rotatable bonds is 4. The summed E-state index contributed by atoms with van der Waals surface area (Å²) in [6.07, 6.45) is 2.38. The molecule has 0 bridgehead atoms. The SMILES string of the molecule is CC(=O)N1c2ccc(N3CCN[C@H](C)C3)cc2C(Nc2ccc(C#N)cc2)C(C)[C@@H]1C1CC1. The number of nitrogens with zero attached hydrogens (tertiary/aromatic N) is 3. The van der Waals surface area contributed by atoms with Crippen LogP contribution in [0.2, 0.25) is 0 Å². The van der Waals surface area contributed by atoms with Crippen LogP contribution in [0.25, 0.3) is 0 Å². The molecule has 1 saturated carbocycles. The van der Waals surface area contributed by atoms with Crippen LogP contribution in [0.5, 0.6) is 0 Å². The highest BCUT2D eigenvalue weighted by Crippen LogP contribution is 2.50. The monoisotopic (exact) mass is 443 g/mol. The van der Waals surface area contributed by atoms with Crippen molar-refractivity contribution >= 4 is 23.0 Å². The average molecular weight is 444 g/mol. The maximum Gasteiger partial charge on any atom is 0.224 e. The number of benzene rings is 2. The summed E-state index contributed by atoms with van der Waals surface area (Å²) in [4.78, 5) is 17.4. The minimum atomic E-state index is 0.0921. The van der Waals surface area contributed by atoms with Crippen LogP contribution in [0.4, 0.5) is 17.1 Å². The Labute approximate surface area is 196 Å². The number of fused-ring (bicyclic) bond motifs is 1. The lowest BCUT2D eigenvalue weighted by atomic mass is 9.79. The van der Waals surface area contributed by atoms with Crippen molar-refractivity contribution in [3.63, 3.8) is 0 Å². The summed E-state index contributed by atoms with van der Waals surface area (Å²) >= 11 is 0. The van der Waals surface area contributed by atoms with E-state index in [0.29, 0.717) is 17.5 Å². The van der Waals surface area contributed by atoms with E-state index >= 15 is 0 Å². The van der Waals surface area contributed by atoms with E-state index in [1.165, 1.54) is 24.1 Å². The Morgan fingerprint density at radius 3 is 2.55 bits per heavy atom. The summed E-state index contributed by atoms with van der Waals surface area (Å²) in [6.45, 7) is 9.14. The molecule has 6 heteroatoms. The van der Waals surface area contributed by atoms with Crippen LogP contribution in [0.3, 0.4) is 0 Å². The summed E-state index contributed by atoms with van der Waals surface area (Å²) in [5, 5.41) is 16.5. The van der Waals surface area contributed by atoms with Gasteiger partial charge in [-0.15, -0.1) is 0 Å².